The van der Waals surface area contributed by atoms with E-state index >= 15 is 0 Å². The van der Waals surface area contributed by atoms with Crippen molar-refractivity contribution in [3.63, 3.8) is 0 Å². The Morgan fingerprint density at radius 3 is 2.42 bits per heavy atom. The lowest BCUT2D eigenvalue weighted by atomic mass is 9.91. The molecule has 0 fully saturated rings. The average molecular weight is 565 g/mol. The topological polar surface area (TPSA) is 69.7 Å². The number of H-pyrrole nitrogens is 1. The maximum Gasteiger partial charge on any atom is 0.258 e. The molecule has 6 rings (SSSR count). The SMILES string of the molecule is COc1ccccc1[C@H]1CC(c2c(-c3ccc(Cl)cc3)c3ccccc3[nH]c2=O)=NN1C(=S)Nc1ccccc1. The summed E-state index contributed by atoms with van der Waals surface area (Å²) >= 11 is 12.1. The summed E-state index contributed by atoms with van der Waals surface area (Å²) in [6, 6.07) is 32.5. The van der Waals surface area contributed by atoms with Crippen LogP contribution < -0.4 is 15.6 Å². The third kappa shape index (κ3) is 4.85. The van der Waals surface area contributed by atoms with Crippen LogP contribution in [0, 0.1) is 0 Å². The van der Waals surface area contributed by atoms with Crippen molar-refractivity contribution in [3.8, 4) is 16.9 Å². The number of hydrogen-bond acceptors (Lipinski definition) is 4. The molecule has 0 amide bonds. The minimum atomic E-state index is -0.293. The highest BCUT2D eigenvalue weighted by Gasteiger charge is 2.35. The molecule has 1 aliphatic rings. The maximum absolute atomic E-state index is 13.8. The van der Waals surface area contributed by atoms with E-state index in [1.54, 1.807) is 12.1 Å². The van der Waals surface area contributed by atoms with Gasteiger partial charge in [0.15, 0.2) is 5.11 Å². The van der Waals surface area contributed by atoms with E-state index in [-0.39, 0.29) is 11.6 Å². The van der Waals surface area contributed by atoms with Crippen LogP contribution in [0.25, 0.3) is 22.0 Å². The lowest BCUT2D eigenvalue weighted by Gasteiger charge is -2.26. The first-order valence-corrected chi connectivity index (χ1v) is 13.6. The standard InChI is InChI=1S/C32H25ClN4O2S/c1-39-28-14-8-6-12-24(28)27-19-26(36-37(27)32(40)34-22-9-3-2-4-10-22)30-29(20-15-17-21(33)18-16-20)23-11-5-7-13-25(23)35-31(30)38/h2-18,27H,19H2,1H3,(H,34,40)(H,35,38)/t27-/m1/s1. The molecule has 0 saturated carbocycles. The summed E-state index contributed by atoms with van der Waals surface area (Å²) in [6.07, 6.45) is 0.443. The van der Waals surface area contributed by atoms with Crippen LogP contribution in [-0.4, -0.2) is 27.9 Å². The van der Waals surface area contributed by atoms with Crippen LogP contribution in [0.3, 0.4) is 0 Å². The summed E-state index contributed by atoms with van der Waals surface area (Å²) in [4.78, 5) is 16.8. The molecule has 8 heteroatoms. The largest absolute Gasteiger partial charge is 0.496 e. The van der Waals surface area contributed by atoms with E-state index in [1.807, 2.05) is 103 Å². The number of anilines is 1. The first-order chi connectivity index (χ1) is 19.5. The number of hydrogen-bond donors (Lipinski definition) is 2. The van der Waals surface area contributed by atoms with E-state index in [1.165, 1.54) is 0 Å². The number of halogens is 1. The van der Waals surface area contributed by atoms with Gasteiger partial charge in [-0.15, -0.1) is 0 Å². The Bertz CT molecular complexity index is 1800. The van der Waals surface area contributed by atoms with Gasteiger partial charge >= 0.3 is 0 Å². The number of nitrogens with one attached hydrogen (secondary N) is 2. The molecule has 2 heterocycles. The Morgan fingerprint density at radius 2 is 1.65 bits per heavy atom. The number of thiocarbonyl (C=S) groups is 1. The summed E-state index contributed by atoms with van der Waals surface area (Å²) in [5.74, 6) is 0.724. The fraction of sp³-hybridized carbons (Fsp3) is 0.0938. The van der Waals surface area contributed by atoms with Crippen molar-refractivity contribution in [2.45, 2.75) is 12.5 Å². The Morgan fingerprint density at radius 1 is 0.950 bits per heavy atom. The second kappa shape index (κ2) is 11.0. The highest BCUT2D eigenvalue weighted by Crippen LogP contribution is 2.40. The van der Waals surface area contributed by atoms with Crippen molar-refractivity contribution in [1.29, 1.82) is 0 Å². The first kappa shape index (κ1) is 25.8. The molecule has 5 aromatic rings. The molecule has 0 radical (unpaired) electrons. The van der Waals surface area contributed by atoms with Gasteiger partial charge in [-0.05, 0) is 54.2 Å². The second-order valence-electron chi connectivity index (χ2n) is 9.41. The van der Waals surface area contributed by atoms with Gasteiger partial charge in [0.25, 0.3) is 5.56 Å². The molecule has 40 heavy (non-hydrogen) atoms. The smallest absolute Gasteiger partial charge is 0.258 e. The summed E-state index contributed by atoms with van der Waals surface area (Å²) in [7, 11) is 1.65. The Kier molecular flexibility index (Phi) is 7.07. The predicted octanol–water partition coefficient (Wildman–Crippen LogP) is 7.41. The fourth-order valence-corrected chi connectivity index (χ4v) is 5.58. The number of aromatic amines is 1. The van der Waals surface area contributed by atoms with Gasteiger partial charge in [-0.3, -0.25) is 4.79 Å². The van der Waals surface area contributed by atoms with Crippen molar-refractivity contribution < 1.29 is 4.74 Å². The van der Waals surface area contributed by atoms with Gasteiger partial charge in [0.2, 0.25) is 0 Å². The third-order valence-corrected chi connectivity index (χ3v) is 7.53. The van der Waals surface area contributed by atoms with Crippen LogP contribution in [-0.2, 0) is 0 Å². The fourth-order valence-electron chi connectivity index (χ4n) is 5.17. The number of fused-ring (bicyclic) bond motifs is 1. The zero-order valence-corrected chi connectivity index (χ0v) is 23.2. The van der Waals surface area contributed by atoms with Gasteiger partial charge in [0.05, 0.1) is 24.4 Å². The van der Waals surface area contributed by atoms with E-state index in [2.05, 4.69) is 10.3 Å². The van der Waals surface area contributed by atoms with Crippen LogP contribution in [0.2, 0.25) is 5.02 Å². The van der Waals surface area contributed by atoms with Crippen molar-refractivity contribution >= 4 is 51.2 Å². The number of rotatable bonds is 5. The number of pyridine rings is 1. The number of methoxy groups -OCH3 is 1. The minimum absolute atomic E-state index is 0.218. The number of hydrazone groups is 1. The molecule has 1 aliphatic heterocycles. The summed E-state index contributed by atoms with van der Waals surface area (Å²) in [5.41, 5.74) is 5.12. The van der Waals surface area contributed by atoms with E-state index in [0.717, 1.165) is 39.0 Å². The highest BCUT2D eigenvalue weighted by molar-refractivity contribution is 7.80. The van der Waals surface area contributed by atoms with Gasteiger partial charge in [-0.2, -0.15) is 5.10 Å². The molecule has 0 bridgehead atoms. The van der Waals surface area contributed by atoms with Gasteiger partial charge < -0.3 is 15.0 Å². The Labute approximate surface area is 241 Å². The Balaban J connectivity index is 1.53. The molecule has 4 aromatic carbocycles. The molecule has 6 nitrogen and oxygen atoms in total. The van der Waals surface area contributed by atoms with Crippen LogP contribution in [0.5, 0.6) is 5.75 Å². The Hall–Kier alpha value is -4.46. The van der Waals surface area contributed by atoms with E-state index < -0.39 is 0 Å². The lowest BCUT2D eigenvalue weighted by Crippen LogP contribution is -2.31. The van der Waals surface area contributed by atoms with Crippen molar-refractivity contribution in [2.24, 2.45) is 5.10 Å². The molecule has 0 unspecified atom stereocenters. The van der Waals surface area contributed by atoms with Crippen LogP contribution in [0.1, 0.15) is 23.6 Å². The average Bonchev–Trinajstić information content (AvgIpc) is 3.42. The van der Waals surface area contributed by atoms with Crippen LogP contribution in [0.4, 0.5) is 5.69 Å². The lowest BCUT2D eigenvalue weighted by molar-refractivity contribution is 0.350. The van der Waals surface area contributed by atoms with Crippen molar-refractivity contribution in [2.75, 3.05) is 12.4 Å². The molecule has 2 N–H and O–H groups in total. The summed E-state index contributed by atoms with van der Waals surface area (Å²) < 4.78 is 5.71. The van der Waals surface area contributed by atoms with Crippen LogP contribution in [0.15, 0.2) is 113 Å². The highest BCUT2D eigenvalue weighted by atomic mass is 35.5. The quantitative estimate of drug-likeness (QED) is 0.218. The van der Waals surface area contributed by atoms with E-state index in [9.17, 15) is 4.79 Å². The molecule has 198 valence electrons. The number of ether oxygens (including phenoxy) is 1. The molecule has 0 saturated heterocycles. The molecule has 1 aromatic heterocycles. The zero-order chi connectivity index (χ0) is 27.6. The number of benzene rings is 4. The number of para-hydroxylation sites is 3. The molecular formula is C32H25ClN4O2S. The van der Waals surface area contributed by atoms with Crippen molar-refractivity contribution in [1.82, 2.24) is 9.99 Å². The monoisotopic (exact) mass is 564 g/mol. The molecule has 0 aliphatic carbocycles. The second-order valence-corrected chi connectivity index (χ2v) is 10.2. The number of nitrogens with zero attached hydrogens (tertiary/aromatic N) is 2. The van der Waals surface area contributed by atoms with E-state index in [0.29, 0.717) is 27.8 Å². The van der Waals surface area contributed by atoms with Crippen LogP contribution >= 0.6 is 23.8 Å². The van der Waals surface area contributed by atoms with Gasteiger partial charge in [-0.1, -0.05) is 78.3 Å². The van der Waals surface area contributed by atoms with Gasteiger partial charge in [-0.25, -0.2) is 5.01 Å². The molecular weight excluding hydrogens is 540 g/mol. The first-order valence-electron chi connectivity index (χ1n) is 12.8. The van der Waals surface area contributed by atoms with Gasteiger partial charge in [0.1, 0.15) is 5.75 Å². The molecule has 0 spiro atoms. The normalized spacial score (nSPS) is 14.7. The van der Waals surface area contributed by atoms with E-state index in [4.69, 9.17) is 33.7 Å². The maximum atomic E-state index is 13.8. The summed E-state index contributed by atoms with van der Waals surface area (Å²) in [5, 5.41) is 12.0. The zero-order valence-electron chi connectivity index (χ0n) is 21.6. The summed E-state index contributed by atoms with van der Waals surface area (Å²) in [6.45, 7) is 0. The molecule has 1 atom stereocenters. The minimum Gasteiger partial charge on any atom is -0.496 e. The van der Waals surface area contributed by atoms with Gasteiger partial charge in [0, 0.05) is 39.2 Å². The third-order valence-electron chi connectivity index (χ3n) is 6.98. The number of aromatic nitrogens is 1. The van der Waals surface area contributed by atoms with Crippen molar-refractivity contribution in [3.05, 3.63) is 130 Å². The predicted molar refractivity (Wildman–Crippen MR) is 166 cm³/mol.